The Morgan fingerprint density at radius 2 is 1.88 bits per heavy atom. The molecule has 1 saturated heterocycles. The van der Waals surface area contributed by atoms with Gasteiger partial charge in [-0.3, -0.25) is 9.59 Å². The van der Waals surface area contributed by atoms with E-state index in [1.165, 1.54) is 18.2 Å². The van der Waals surface area contributed by atoms with Gasteiger partial charge in [0, 0.05) is 32.4 Å². The van der Waals surface area contributed by atoms with Crippen molar-refractivity contribution < 1.29 is 27.9 Å². The Hall–Kier alpha value is -3.20. The number of benzene rings is 2. The summed E-state index contributed by atoms with van der Waals surface area (Å²) >= 11 is 6.15. The Morgan fingerprint density at radius 1 is 1.18 bits per heavy atom. The van der Waals surface area contributed by atoms with Crippen LogP contribution >= 0.6 is 11.6 Å². The van der Waals surface area contributed by atoms with Gasteiger partial charge in [0.25, 0.3) is 11.8 Å². The number of carbonyl (C=O) groups excluding carboxylic acids is 2. The third kappa shape index (κ3) is 5.42. The van der Waals surface area contributed by atoms with E-state index in [1.807, 2.05) is 0 Å². The molecule has 1 N–H and O–H groups in total. The van der Waals surface area contributed by atoms with E-state index in [4.69, 9.17) is 21.2 Å². The highest BCUT2D eigenvalue weighted by Gasteiger charge is 2.28. The quantitative estimate of drug-likeness (QED) is 0.692. The van der Waals surface area contributed by atoms with Gasteiger partial charge >= 0.3 is 0 Å². The third-order valence-electron chi connectivity index (χ3n) is 5.47. The van der Waals surface area contributed by atoms with E-state index in [-0.39, 0.29) is 45.9 Å². The molecular weight excluding hydrogens is 456 g/mol. The molecule has 2 aromatic rings. The number of nitrogens with zero attached hydrogens (tertiary/aromatic N) is 2. The molecule has 2 amide bonds. The molecule has 2 aromatic carbocycles. The van der Waals surface area contributed by atoms with Crippen LogP contribution in [0.3, 0.4) is 0 Å². The van der Waals surface area contributed by atoms with Gasteiger partial charge in [0.15, 0.2) is 0 Å². The van der Waals surface area contributed by atoms with Gasteiger partial charge in [-0.2, -0.15) is 0 Å². The molecule has 4 rings (SSSR count). The standard InChI is InChI=1S/C23H22ClF2N3O4/c1-13-10-21(28-33-13)22(30)27-20-11-17(18(24)12-19(20)26)23(31)29-8-6-16(7-9-29)32-15-4-2-14(25)3-5-15/h2-5,11-13,16H,6-10H2,1H3,(H,27,30). The fourth-order valence-corrected chi connectivity index (χ4v) is 3.92. The van der Waals surface area contributed by atoms with Crippen LogP contribution in [0.1, 0.15) is 36.5 Å². The van der Waals surface area contributed by atoms with Crippen LogP contribution < -0.4 is 10.1 Å². The number of likely N-dealkylation sites (tertiary alicyclic amines) is 1. The van der Waals surface area contributed by atoms with Crippen molar-refractivity contribution in [2.45, 2.75) is 38.4 Å². The normalized spacial score (nSPS) is 18.5. The molecular formula is C23H22ClF2N3O4. The number of nitrogens with one attached hydrogen (secondary N) is 1. The number of carbonyl (C=O) groups is 2. The predicted molar refractivity (Wildman–Crippen MR) is 119 cm³/mol. The lowest BCUT2D eigenvalue weighted by Gasteiger charge is -2.32. The number of hydrogen-bond donors (Lipinski definition) is 1. The number of oxime groups is 1. The summed E-state index contributed by atoms with van der Waals surface area (Å²) < 4.78 is 33.3. The lowest BCUT2D eigenvalue weighted by atomic mass is 10.1. The molecule has 1 atom stereocenters. The van der Waals surface area contributed by atoms with E-state index in [0.29, 0.717) is 38.1 Å². The first kappa shape index (κ1) is 23.0. The molecule has 2 aliphatic heterocycles. The summed E-state index contributed by atoms with van der Waals surface area (Å²) in [6, 6.07) is 8.01. The molecule has 0 spiro atoms. The molecule has 174 valence electrons. The van der Waals surface area contributed by atoms with Gasteiger partial charge in [0.2, 0.25) is 0 Å². The first-order chi connectivity index (χ1) is 15.8. The van der Waals surface area contributed by atoms with Crippen LogP contribution in [0.15, 0.2) is 41.6 Å². The molecule has 1 unspecified atom stereocenters. The SMILES string of the molecule is CC1CC(C(=O)Nc2cc(C(=O)N3CCC(Oc4ccc(F)cc4)CC3)c(Cl)cc2F)=NO1. The molecule has 2 aliphatic rings. The maximum absolute atomic E-state index is 14.4. The third-order valence-corrected chi connectivity index (χ3v) is 5.78. The van der Waals surface area contributed by atoms with E-state index in [9.17, 15) is 18.4 Å². The molecule has 0 aromatic heterocycles. The zero-order valence-electron chi connectivity index (χ0n) is 17.8. The minimum Gasteiger partial charge on any atom is -0.490 e. The molecule has 0 bridgehead atoms. The molecule has 33 heavy (non-hydrogen) atoms. The predicted octanol–water partition coefficient (Wildman–Crippen LogP) is 4.41. The van der Waals surface area contributed by atoms with E-state index in [0.717, 1.165) is 6.07 Å². The van der Waals surface area contributed by atoms with Crippen molar-refractivity contribution in [2.75, 3.05) is 18.4 Å². The minimum absolute atomic E-state index is 0.0460. The summed E-state index contributed by atoms with van der Waals surface area (Å²) in [6.45, 7) is 2.58. The Labute approximate surface area is 194 Å². The summed E-state index contributed by atoms with van der Waals surface area (Å²) in [4.78, 5) is 32.0. The fourth-order valence-electron chi connectivity index (χ4n) is 3.69. The van der Waals surface area contributed by atoms with Crippen molar-refractivity contribution in [3.8, 4) is 5.75 Å². The van der Waals surface area contributed by atoms with Gasteiger partial charge in [0.05, 0.1) is 16.3 Å². The van der Waals surface area contributed by atoms with Crippen molar-refractivity contribution >= 4 is 34.8 Å². The molecule has 0 radical (unpaired) electrons. The maximum atomic E-state index is 14.4. The summed E-state index contributed by atoms with van der Waals surface area (Å²) in [5.74, 6) is -1.50. The number of hydrogen-bond acceptors (Lipinski definition) is 5. The maximum Gasteiger partial charge on any atom is 0.273 e. The molecule has 2 heterocycles. The molecule has 10 heteroatoms. The first-order valence-electron chi connectivity index (χ1n) is 10.5. The minimum atomic E-state index is -0.760. The smallest absolute Gasteiger partial charge is 0.273 e. The van der Waals surface area contributed by atoms with Gasteiger partial charge in [-0.1, -0.05) is 16.8 Å². The van der Waals surface area contributed by atoms with Gasteiger partial charge in [-0.05, 0) is 43.3 Å². The zero-order valence-corrected chi connectivity index (χ0v) is 18.6. The lowest BCUT2D eigenvalue weighted by molar-refractivity contribution is -0.110. The Balaban J connectivity index is 1.40. The number of rotatable bonds is 5. The topological polar surface area (TPSA) is 80.2 Å². The molecule has 1 fully saturated rings. The van der Waals surface area contributed by atoms with Crippen LogP contribution in [0.4, 0.5) is 14.5 Å². The fraction of sp³-hybridized carbons (Fsp3) is 0.348. The molecule has 0 aliphatic carbocycles. The largest absolute Gasteiger partial charge is 0.490 e. The van der Waals surface area contributed by atoms with Crippen molar-refractivity contribution in [1.29, 1.82) is 0 Å². The van der Waals surface area contributed by atoms with Gasteiger partial charge in [-0.25, -0.2) is 8.78 Å². The second-order valence-corrected chi connectivity index (χ2v) is 8.39. The second-order valence-electron chi connectivity index (χ2n) is 7.99. The van der Waals surface area contributed by atoms with E-state index in [2.05, 4.69) is 10.5 Å². The van der Waals surface area contributed by atoms with Crippen LogP contribution in [-0.2, 0) is 9.63 Å². The Kier molecular flexibility index (Phi) is 6.78. The van der Waals surface area contributed by atoms with E-state index in [1.54, 1.807) is 24.0 Å². The average molecular weight is 478 g/mol. The van der Waals surface area contributed by atoms with Crippen LogP contribution in [0.5, 0.6) is 5.75 Å². The van der Waals surface area contributed by atoms with Crippen LogP contribution in [-0.4, -0.2) is 47.7 Å². The summed E-state index contributed by atoms with van der Waals surface area (Å²) in [5.41, 5.74) is 0.0710. The van der Waals surface area contributed by atoms with E-state index < -0.39 is 11.7 Å². The van der Waals surface area contributed by atoms with Crippen LogP contribution in [0.25, 0.3) is 0 Å². The number of amides is 2. The van der Waals surface area contributed by atoms with E-state index >= 15 is 0 Å². The summed E-state index contributed by atoms with van der Waals surface area (Å²) in [6.07, 6.45) is 1.11. The number of halogens is 3. The summed E-state index contributed by atoms with van der Waals surface area (Å²) in [5, 5.41) is 6.07. The van der Waals surface area contributed by atoms with Crippen molar-refractivity contribution in [2.24, 2.45) is 5.16 Å². The number of ether oxygens (including phenoxy) is 1. The Bertz CT molecular complexity index is 1090. The monoisotopic (exact) mass is 477 g/mol. The highest BCUT2D eigenvalue weighted by atomic mass is 35.5. The molecule has 0 saturated carbocycles. The number of piperidine rings is 1. The van der Waals surface area contributed by atoms with Gasteiger partial charge in [0.1, 0.15) is 35.3 Å². The van der Waals surface area contributed by atoms with Crippen molar-refractivity contribution in [3.05, 3.63) is 58.6 Å². The summed E-state index contributed by atoms with van der Waals surface area (Å²) in [7, 11) is 0. The zero-order chi connectivity index (χ0) is 23.5. The van der Waals surface area contributed by atoms with Crippen LogP contribution in [0, 0.1) is 11.6 Å². The second kappa shape index (κ2) is 9.74. The van der Waals surface area contributed by atoms with Crippen molar-refractivity contribution in [3.63, 3.8) is 0 Å². The Morgan fingerprint density at radius 3 is 2.52 bits per heavy atom. The number of anilines is 1. The van der Waals surface area contributed by atoms with Crippen LogP contribution in [0.2, 0.25) is 5.02 Å². The van der Waals surface area contributed by atoms with Crippen molar-refractivity contribution in [1.82, 2.24) is 4.90 Å². The van der Waals surface area contributed by atoms with Gasteiger partial charge < -0.3 is 19.8 Å². The highest BCUT2D eigenvalue weighted by Crippen LogP contribution is 2.28. The molecule has 7 nitrogen and oxygen atoms in total. The van der Waals surface area contributed by atoms with Gasteiger partial charge in [-0.15, -0.1) is 0 Å². The highest BCUT2D eigenvalue weighted by molar-refractivity contribution is 6.43. The lowest BCUT2D eigenvalue weighted by Crippen LogP contribution is -2.42. The first-order valence-corrected chi connectivity index (χ1v) is 10.9. The average Bonchev–Trinajstić information content (AvgIpc) is 3.24.